The van der Waals surface area contributed by atoms with Crippen LogP contribution >= 0.6 is 0 Å². The molecule has 1 atom stereocenters. The minimum absolute atomic E-state index is 0.0900. The van der Waals surface area contributed by atoms with Gasteiger partial charge in [0.1, 0.15) is 0 Å². The molecule has 0 aliphatic heterocycles. The zero-order valence-electron chi connectivity index (χ0n) is 10.2. The highest BCUT2D eigenvalue weighted by Gasteiger charge is 2.12. The Bertz CT molecular complexity index is 326. The molecule has 0 saturated heterocycles. The number of ether oxygens (including phenoxy) is 1. The highest BCUT2D eigenvalue weighted by Crippen LogP contribution is 2.28. The molecule has 1 rings (SSSR count). The van der Waals surface area contributed by atoms with Crippen LogP contribution in [0.1, 0.15) is 44.8 Å². The monoisotopic (exact) mass is 222 g/mol. The molecule has 3 heteroatoms. The van der Waals surface area contributed by atoms with E-state index in [1.54, 1.807) is 6.07 Å². The third kappa shape index (κ3) is 3.42. The number of hydrogen-bond acceptors (Lipinski definition) is 3. The van der Waals surface area contributed by atoms with Gasteiger partial charge in [0.25, 0.3) is 0 Å². The molecule has 1 aromatic carbocycles. The van der Waals surface area contributed by atoms with Crippen LogP contribution in [0.4, 0.5) is 11.4 Å². The van der Waals surface area contributed by atoms with Crippen molar-refractivity contribution in [2.45, 2.75) is 39.2 Å². The van der Waals surface area contributed by atoms with Gasteiger partial charge in [0.2, 0.25) is 0 Å². The Morgan fingerprint density at radius 1 is 1.25 bits per heavy atom. The largest absolute Gasteiger partial charge is 0.399 e. The maximum atomic E-state index is 5.94. The number of hydrogen-bond donors (Lipinski definition) is 2. The summed E-state index contributed by atoms with van der Waals surface area (Å²) in [5, 5.41) is 0. The van der Waals surface area contributed by atoms with Crippen molar-refractivity contribution in [1.29, 1.82) is 0 Å². The highest BCUT2D eigenvalue weighted by molar-refractivity contribution is 5.57. The minimum atomic E-state index is 0.0900. The van der Waals surface area contributed by atoms with Gasteiger partial charge in [-0.2, -0.15) is 0 Å². The van der Waals surface area contributed by atoms with Crippen LogP contribution in [0.15, 0.2) is 18.2 Å². The summed E-state index contributed by atoms with van der Waals surface area (Å²) in [6.45, 7) is 5.05. The average Bonchev–Trinajstić information content (AvgIpc) is 2.26. The summed E-state index contributed by atoms with van der Waals surface area (Å²) >= 11 is 0. The van der Waals surface area contributed by atoms with Gasteiger partial charge in [0.05, 0.1) is 6.10 Å². The topological polar surface area (TPSA) is 61.3 Å². The van der Waals surface area contributed by atoms with E-state index in [1.807, 2.05) is 12.1 Å². The van der Waals surface area contributed by atoms with E-state index in [2.05, 4.69) is 13.8 Å². The minimum Gasteiger partial charge on any atom is -0.399 e. The molecule has 0 bridgehead atoms. The van der Waals surface area contributed by atoms with Gasteiger partial charge in [-0.05, 0) is 25.0 Å². The van der Waals surface area contributed by atoms with E-state index in [-0.39, 0.29) is 6.10 Å². The fourth-order valence-electron chi connectivity index (χ4n) is 1.68. The van der Waals surface area contributed by atoms with Crippen molar-refractivity contribution in [3.63, 3.8) is 0 Å². The molecular weight excluding hydrogens is 200 g/mol. The van der Waals surface area contributed by atoms with Crippen LogP contribution in [0.25, 0.3) is 0 Å². The molecule has 0 aliphatic rings. The van der Waals surface area contributed by atoms with Crippen LogP contribution < -0.4 is 11.5 Å². The van der Waals surface area contributed by atoms with Crippen molar-refractivity contribution in [2.24, 2.45) is 0 Å². The predicted octanol–water partition coefficient (Wildman–Crippen LogP) is 3.12. The van der Waals surface area contributed by atoms with E-state index in [1.165, 1.54) is 0 Å². The smallest absolute Gasteiger partial charge is 0.0842 e. The SMILES string of the molecule is CCCCOC(CC)c1ccc(N)cc1N. The first-order valence-corrected chi connectivity index (χ1v) is 5.95. The van der Waals surface area contributed by atoms with E-state index in [0.717, 1.165) is 37.1 Å². The van der Waals surface area contributed by atoms with Crippen LogP contribution in [-0.4, -0.2) is 6.61 Å². The summed E-state index contributed by atoms with van der Waals surface area (Å²) in [4.78, 5) is 0. The summed E-state index contributed by atoms with van der Waals surface area (Å²) in [6, 6.07) is 5.63. The first-order chi connectivity index (χ1) is 7.69. The fraction of sp³-hybridized carbons (Fsp3) is 0.538. The van der Waals surface area contributed by atoms with Crippen molar-refractivity contribution in [2.75, 3.05) is 18.1 Å². The molecule has 90 valence electrons. The Labute approximate surface area is 97.8 Å². The van der Waals surface area contributed by atoms with Crippen molar-refractivity contribution in [3.05, 3.63) is 23.8 Å². The molecule has 0 aliphatic carbocycles. The Kier molecular flexibility index (Phi) is 5.12. The third-order valence-corrected chi connectivity index (χ3v) is 2.65. The number of anilines is 2. The number of nitrogen functional groups attached to an aromatic ring is 2. The van der Waals surface area contributed by atoms with Crippen molar-refractivity contribution < 1.29 is 4.74 Å². The lowest BCUT2D eigenvalue weighted by Crippen LogP contribution is -2.07. The zero-order valence-corrected chi connectivity index (χ0v) is 10.2. The molecule has 4 N–H and O–H groups in total. The second-order valence-corrected chi connectivity index (χ2v) is 4.01. The summed E-state index contributed by atoms with van der Waals surface area (Å²) in [7, 11) is 0. The first kappa shape index (κ1) is 12.8. The summed E-state index contributed by atoms with van der Waals surface area (Å²) in [5.74, 6) is 0. The van der Waals surface area contributed by atoms with E-state index < -0.39 is 0 Å². The maximum absolute atomic E-state index is 5.94. The van der Waals surface area contributed by atoms with Crippen LogP contribution in [0, 0.1) is 0 Å². The lowest BCUT2D eigenvalue weighted by molar-refractivity contribution is 0.0486. The molecule has 1 aromatic rings. The van der Waals surface area contributed by atoms with Gasteiger partial charge in [-0.15, -0.1) is 0 Å². The molecule has 0 amide bonds. The van der Waals surface area contributed by atoms with Crippen molar-refractivity contribution in [1.82, 2.24) is 0 Å². The molecule has 0 aromatic heterocycles. The molecule has 0 spiro atoms. The van der Waals surface area contributed by atoms with Gasteiger partial charge in [-0.1, -0.05) is 26.3 Å². The van der Waals surface area contributed by atoms with Gasteiger partial charge in [-0.3, -0.25) is 0 Å². The number of unbranched alkanes of at least 4 members (excludes halogenated alkanes) is 1. The summed E-state index contributed by atoms with van der Waals surface area (Å²) < 4.78 is 5.82. The fourth-order valence-corrected chi connectivity index (χ4v) is 1.68. The van der Waals surface area contributed by atoms with Gasteiger partial charge in [0, 0.05) is 23.5 Å². The van der Waals surface area contributed by atoms with E-state index in [0.29, 0.717) is 5.69 Å². The van der Waals surface area contributed by atoms with Crippen LogP contribution in [0.3, 0.4) is 0 Å². The second-order valence-electron chi connectivity index (χ2n) is 4.01. The molecule has 0 saturated carbocycles. The number of rotatable bonds is 6. The molecular formula is C13H22N2O. The van der Waals surface area contributed by atoms with E-state index in [9.17, 15) is 0 Å². The summed E-state index contributed by atoms with van der Waals surface area (Å²) in [5.41, 5.74) is 14.1. The third-order valence-electron chi connectivity index (χ3n) is 2.65. The lowest BCUT2D eigenvalue weighted by Gasteiger charge is -2.18. The Morgan fingerprint density at radius 3 is 2.56 bits per heavy atom. The number of nitrogens with two attached hydrogens (primary N) is 2. The first-order valence-electron chi connectivity index (χ1n) is 5.95. The molecule has 0 heterocycles. The van der Waals surface area contributed by atoms with Gasteiger partial charge < -0.3 is 16.2 Å². The van der Waals surface area contributed by atoms with Gasteiger partial charge in [-0.25, -0.2) is 0 Å². The van der Waals surface area contributed by atoms with E-state index >= 15 is 0 Å². The molecule has 16 heavy (non-hydrogen) atoms. The van der Waals surface area contributed by atoms with Gasteiger partial charge >= 0.3 is 0 Å². The molecule has 0 fully saturated rings. The van der Waals surface area contributed by atoms with Crippen LogP contribution in [0.2, 0.25) is 0 Å². The van der Waals surface area contributed by atoms with Gasteiger partial charge in [0.15, 0.2) is 0 Å². The molecule has 1 unspecified atom stereocenters. The maximum Gasteiger partial charge on any atom is 0.0842 e. The quantitative estimate of drug-likeness (QED) is 0.574. The second kappa shape index (κ2) is 6.38. The Hall–Kier alpha value is -1.22. The Balaban J connectivity index is 2.70. The lowest BCUT2D eigenvalue weighted by atomic mass is 10.0. The average molecular weight is 222 g/mol. The molecule has 3 nitrogen and oxygen atoms in total. The highest BCUT2D eigenvalue weighted by atomic mass is 16.5. The van der Waals surface area contributed by atoms with Crippen LogP contribution in [-0.2, 0) is 4.74 Å². The Morgan fingerprint density at radius 2 is 2.00 bits per heavy atom. The predicted molar refractivity (Wildman–Crippen MR) is 69.2 cm³/mol. The normalized spacial score (nSPS) is 12.6. The standard InChI is InChI=1S/C13H22N2O/c1-3-5-8-16-13(4-2)11-7-6-10(14)9-12(11)15/h6-7,9,13H,3-5,8,14-15H2,1-2H3. The van der Waals surface area contributed by atoms with Crippen molar-refractivity contribution in [3.8, 4) is 0 Å². The zero-order chi connectivity index (χ0) is 12.0. The van der Waals surface area contributed by atoms with Crippen LogP contribution in [0.5, 0.6) is 0 Å². The summed E-state index contributed by atoms with van der Waals surface area (Å²) in [6.07, 6.45) is 3.25. The number of benzene rings is 1. The van der Waals surface area contributed by atoms with Crippen molar-refractivity contribution >= 4 is 11.4 Å². The molecule has 0 radical (unpaired) electrons. The van der Waals surface area contributed by atoms with E-state index in [4.69, 9.17) is 16.2 Å².